The summed E-state index contributed by atoms with van der Waals surface area (Å²) in [6.07, 6.45) is 1.80. The molecule has 2 heterocycles. The Labute approximate surface area is 114 Å². The number of carbonyl (C=O) groups excluding carboxylic acids is 1. The summed E-state index contributed by atoms with van der Waals surface area (Å²) in [7, 11) is 3.98. The van der Waals surface area contributed by atoms with Crippen LogP contribution in [0.5, 0.6) is 0 Å². The van der Waals surface area contributed by atoms with Crippen molar-refractivity contribution in [2.45, 2.75) is 25.3 Å². The summed E-state index contributed by atoms with van der Waals surface area (Å²) in [5.41, 5.74) is 0. The number of hydrogen-bond acceptors (Lipinski definition) is 3. The van der Waals surface area contributed by atoms with Crippen LogP contribution in [0.4, 0.5) is 4.79 Å². The van der Waals surface area contributed by atoms with E-state index < -0.39 is 5.97 Å². The number of rotatable bonds is 5. The van der Waals surface area contributed by atoms with Gasteiger partial charge in [-0.25, -0.2) is 4.79 Å². The minimum Gasteiger partial charge on any atom is -0.481 e. The monoisotopic (exact) mass is 269 g/mol. The second-order valence-corrected chi connectivity index (χ2v) is 5.72. The summed E-state index contributed by atoms with van der Waals surface area (Å²) in [4.78, 5) is 28.6. The Morgan fingerprint density at radius 3 is 2.68 bits per heavy atom. The van der Waals surface area contributed by atoms with Crippen molar-refractivity contribution in [3.05, 3.63) is 0 Å². The third-order valence-electron chi connectivity index (χ3n) is 4.27. The number of aliphatic carboxylic acids is 1. The van der Waals surface area contributed by atoms with Gasteiger partial charge < -0.3 is 19.8 Å². The van der Waals surface area contributed by atoms with E-state index in [1.54, 1.807) is 4.90 Å². The van der Waals surface area contributed by atoms with Crippen LogP contribution in [0.15, 0.2) is 0 Å². The fraction of sp³-hybridized carbons (Fsp3) is 0.846. The van der Waals surface area contributed by atoms with Crippen LogP contribution in [-0.4, -0.2) is 78.1 Å². The highest BCUT2D eigenvalue weighted by atomic mass is 16.4. The van der Waals surface area contributed by atoms with Crippen molar-refractivity contribution < 1.29 is 14.7 Å². The molecule has 2 aliphatic rings. The highest BCUT2D eigenvalue weighted by molar-refractivity contribution is 5.77. The molecule has 0 radical (unpaired) electrons. The van der Waals surface area contributed by atoms with Gasteiger partial charge in [-0.2, -0.15) is 0 Å². The molecule has 1 N–H and O–H groups in total. The molecule has 2 aliphatic heterocycles. The first-order valence-corrected chi connectivity index (χ1v) is 6.91. The van der Waals surface area contributed by atoms with Crippen LogP contribution >= 0.6 is 0 Å². The van der Waals surface area contributed by atoms with E-state index in [1.165, 1.54) is 0 Å². The van der Waals surface area contributed by atoms with Crippen LogP contribution in [0.3, 0.4) is 0 Å². The summed E-state index contributed by atoms with van der Waals surface area (Å²) < 4.78 is 0. The Bertz CT molecular complexity index is 361. The summed E-state index contributed by atoms with van der Waals surface area (Å²) in [5, 5.41) is 8.64. The van der Waals surface area contributed by atoms with Gasteiger partial charge in [-0.15, -0.1) is 0 Å². The fourth-order valence-corrected chi connectivity index (χ4v) is 3.15. The maximum atomic E-state index is 12.1. The smallest absolute Gasteiger partial charge is 0.320 e. The van der Waals surface area contributed by atoms with E-state index in [9.17, 15) is 9.59 Å². The number of carbonyl (C=O) groups is 2. The second kappa shape index (κ2) is 5.77. The van der Waals surface area contributed by atoms with Crippen molar-refractivity contribution in [2.24, 2.45) is 5.92 Å². The van der Waals surface area contributed by atoms with E-state index in [1.807, 2.05) is 11.9 Å². The fourth-order valence-electron chi connectivity index (χ4n) is 3.15. The molecule has 0 aromatic rings. The van der Waals surface area contributed by atoms with Gasteiger partial charge in [0.2, 0.25) is 0 Å². The van der Waals surface area contributed by atoms with E-state index in [2.05, 4.69) is 11.9 Å². The van der Waals surface area contributed by atoms with E-state index >= 15 is 0 Å². The number of carboxylic acids is 1. The Kier molecular flexibility index (Phi) is 4.29. The lowest BCUT2D eigenvalue weighted by molar-refractivity contribution is -0.137. The van der Waals surface area contributed by atoms with Crippen molar-refractivity contribution in [3.63, 3.8) is 0 Å². The lowest BCUT2D eigenvalue weighted by Gasteiger charge is -2.23. The van der Waals surface area contributed by atoms with Gasteiger partial charge in [-0.3, -0.25) is 4.79 Å². The van der Waals surface area contributed by atoms with Gasteiger partial charge in [-0.1, -0.05) is 0 Å². The topological polar surface area (TPSA) is 64.1 Å². The molecule has 2 atom stereocenters. The molecule has 6 heteroatoms. The zero-order chi connectivity index (χ0) is 14.0. The standard InChI is InChI=1S/C13H23N3O3/c1-14-7-5-10(8-14)11-9-16(13(19)15(11)2)6-3-4-12(17)18/h10-11H,3-9H2,1-2H3,(H,17,18). The third-order valence-corrected chi connectivity index (χ3v) is 4.27. The number of hydrogen-bond donors (Lipinski definition) is 1. The Morgan fingerprint density at radius 2 is 2.11 bits per heavy atom. The molecule has 2 saturated heterocycles. The molecule has 0 spiro atoms. The van der Waals surface area contributed by atoms with Crippen molar-refractivity contribution >= 4 is 12.0 Å². The number of amides is 2. The molecule has 19 heavy (non-hydrogen) atoms. The molecule has 6 nitrogen and oxygen atoms in total. The quantitative estimate of drug-likeness (QED) is 0.791. The molecular formula is C13H23N3O3. The SMILES string of the molecule is CN1CCC(C2CN(CCCC(=O)O)C(=O)N2C)C1. The Morgan fingerprint density at radius 1 is 1.37 bits per heavy atom. The predicted octanol–water partition coefficient (Wildman–Crippen LogP) is 0.539. The number of carboxylic acid groups (broad SMARTS) is 1. The maximum absolute atomic E-state index is 12.1. The molecule has 0 bridgehead atoms. The van der Waals surface area contributed by atoms with Crippen LogP contribution in [0, 0.1) is 5.92 Å². The lowest BCUT2D eigenvalue weighted by atomic mass is 9.99. The van der Waals surface area contributed by atoms with Gasteiger partial charge in [0, 0.05) is 33.1 Å². The first-order chi connectivity index (χ1) is 8.99. The molecule has 2 rings (SSSR count). The number of likely N-dealkylation sites (N-methyl/N-ethyl adjacent to an activating group) is 1. The summed E-state index contributed by atoms with van der Waals surface area (Å²) in [5.74, 6) is -0.252. The second-order valence-electron chi connectivity index (χ2n) is 5.72. The number of nitrogens with zero attached hydrogens (tertiary/aromatic N) is 3. The minimum atomic E-state index is -0.797. The maximum Gasteiger partial charge on any atom is 0.320 e. The number of likely N-dealkylation sites (tertiary alicyclic amines) is 1. The van der Waals surface area contributed by atoms with Gasteiger partial charge in [0.1, 0.15) is 0 Å². The van der Waals surface area contributed by atoms with Crippen LogP contribution in [0.25, 0.3) is 0 Å². The van der Waals surface area contributed by atoms with E-state index in [-0.39, 0.29) is 18.5 Å². The minimum absolute atomic E-state index is 0.0462. The zero-order valence-electron chi connectivity index (χ0n) is 11.7. The molecule has 2 unspecified atom stereocenters. The molecule has 0 aromatic heterocycles. The van der Waals surface area contributed by atoms with Gasteiger partial charge in [0.25, 0.3) is 0 Å². The lowest BCUT2D eigenvalue weighted by Crippen LogP contribution is -2.37. The zero-order valence-corrected chi connectivity index (χ0v) is 11.7. The average Bonchev–Trinajstić information content (AvgIpc) is 2.87. The summed E-state index contributed by atoms with van der Waals surface area (Å²) in [6, 6.07) is 0.326. The van der Waals surface area contributed by atoms with E-state index in [0.29, 0.717) is 18.9 Å². The van der Waals surface area contributed by atoms with Crippen molar-refractivity contribution in [3.8, 4) is 0 Å². The normalized spacial score (nSPS) is 28.4. The molecule has 0 saturated carbocycles. The molecule has 0 aromatic carbocycles. The van der Waals surface area contributed by atoms with Gasteiger partial charge in [0.15, 0.2) is 0 Å². The molecule has 2 fully saturated rings. The van der Waals surface area contributed by atoms with Crippen molar-refractivity contribution in [2.75, 3.05) is 40.3 Å². The van der Waals surface area contributed by atoms with Gasteiger partial charge in [-0.05, 0) is 32.4 Å². The van der Waals surface area contributed by atoms with Crippen molar-refractivity contribution in [1.29, 1.82) is 0 Å². The molecule has 0 aliphatic carbocycles. The van der Waals surface area contributed by atoms with Gasteiger partial charge in [0.05, 0.1) is 6.04 Å². The highest BCUT2D eigenvalue weighted by Gasteiger charge is 2.40. The van der Waals surface area contributed by atoms with Crippen LogP contribution in [-0.2, 0) is 4.79 Å². The van der Waals surface area contributed by atoms with Crippen LogP contribution in [0.2, 0.25) is 0 Å². The Balaban J connectivity index is 1.87. The third kappa shape index (κ3) is 3.18. The summed E-state index contributed by atoms with van der Waals surface area (Å²) >= 11 is 0. The number of urea groups is 1. The molecule has 108 valence electrons. The average molecular weight is 269 g/mol. The van der Waals surface area contributed by atoms with Crippen LogP contribution < -0.4 is 0 Å². The molecular weight excluding hydrogens is 246 g/mol. The summed E-state index contributed by atoms with van der Waals surface area (Å²) in [6.45, 7) is 3.44. The van der Waals surface area contributed by atoms with E-state index in [0.717, 1.165) is 26.1 Å². The van der Waals surface area contributed by atoms with E-state index in [4.69, 9.17) is 5.11 Å². The predicted molar refractivity (Wildman–Crippen MR) is 71.0 cm³/mol. The van der Waals surface area contributed by atoms with Crippen molar-refractivity contribution in [1.82, 2.24) is 14.7 Å². The Hall–Kier alpha value is -1.30. The first-order valence-electron chi connectivity index (χ1n) is 6.91. The largest absolute Gasteiger partial charge is 0.481 e. The highest BCUT2D eigenvalue weighted by Crippen LogP contribution is 2.27. The molecule has 2 amide bonds. The van der Waals surface area contributed by atoms with Crippen LogP contribution in [0.1, 0.15) is 19.3 Å². The van der Waals surface area contributed by atoms with Gasteiger partial charge >= 0.3 is 12.0 Å². The first kappa shape index (κ1) is 14.1.